The van der Waals surface area contributed by atoms with E-state index >= 15 is 8.78 Å². The highest BCUT2D eigenvalue weighted by Crippen LogP contribution is 2.45. The fourth-order valence-corrected chi connectivity index (χ4v) is 7.08. The molecule has 224 valence electrons. The maximum Gasteiger partial charge on any atom is 0.257 e. The largest absolute Gasteiger partial charge is 0.489 e. The lowest BCUT2D eigenvalue weighted by atomic mass is 9.73. The normalized spacial score (nSPS) is 22.4. The van der Waals surface area contributed by atoms with Crippen LogP contribution in [0.25, 0.3) is 0 Å². The van der Waals surface area contributed by atoms with Crippen LogP contribution in [0.15, 0.2) is 60.7 Å². The van der Waals surface area contributed by atoms with Gasteiger partial charge in [-0.1, -0.05) is 36.4 Å². The van der Waals surface area contributed by atoms with E-state index in [1.54, 1.807) is 17.0 Å². The molecule has 3 heterocycles. The molecule has 6 rings (SSSR count). The molecule has 0 aromatic heterocycles. The molecule has 0 saturated carbocycles. The van der Waals surface area contributed by atoms with Gasteiger partial charge in [-0.3, -0.25) is 4.90 Å². The van der Waals surface area contributed by atoms with Gasteiger partial charge in [0.1, 0.15) is 24.0 Å². The van der Waals surface area contributed by atoms with Gasteiger partial charge in [0, 0.05) is 42.7 Å². The summed E-state index contributed by atoms with van der Waals surface area (Å²) in [6.07, 6.45) is 3.73. The molecule has 3 aliphatic heterocycles. The highest BCUT2D eigenvalue weighted by atomic mass is 19.3. The van der Waals surface area contributed by atoms with Crippen LogP contribution in [0, 0.1) is 17.0 Å². The minimum Gasteiger partial charge on any atom is -0.489 e. The Hall–Kier alpha value is -3.10. The number of anilines is 1. The van der Waals surface area contributed by atoms with Crippen molar-refractivity contribution in [1.29, 1.82) is 0 Å². The molecule has 4 nitrogen and oxygen atoms in total. The molecule has 1 spiro atoms. The molecule has 0 bridgehead atoms. The van der Waals surface area contributed by atoms with E-state index in [1.807, 2.05) is 48.2 Å². The molecule has 42 heavy (non-hydrogen) atoms. The monoisotopic (exact) mass is 581 g/mol. The second kappa shape index (κ2) is 11.5. The van der Waals surface area contributed by atoms with Gasteiger partial charge in [0.15, 0.2) is 0 Å². The minimum atomic E-state index is -3.03. The van der Waals surface area contributed by atoms with Crippen LogP contribution in [-0.2, 0) is 13.0 Å². The van der Waals surface area contributed by atoms with E-state index in [4.69, 9.17) is 4.74 Å². The number of nitrogens with zero attached hydrogens (tertiary/aromatic N) is 2. The number of halogens is 4. The molecule has 2 saturated heterocycles. The van der Waals surface area contributed by atoms with Crippen molar-refractivity contribution in [3.05, 3.63) is 94.6 Å². The summed E-state index contributed by atoms with van der Waals surface area (Å²) in [4.78, 5) is 3.58. The molecule has 2 fully saturated rings. The molecule has 1 unspecified atom stereocenters. The average Bonchev–Trinajstić information content (AvgIpc) is 3.19. The van der Waals surface area contributed by atoms with Crippen LogP contribution in [0.1, 0.15) is 61.4 Å². The predicted octanol–water partition coefficient (Wildman–Crippen LogP) is 7.11. The topological polar surface area (TPSA) is 27.7 Å². The standard InChI is InChI=1S/C34H39F4N3O/c1-23-15-25-16-27(42-19-24-7-4-3-5-8-24)9-10-28(25)32(41(23)20-33(2,37)38)31-29(35)17-26(18-30(31)36)40-21-34(22-40)11-6-13-39-14-12-34/h3-5,7-10,16-18,23,32,39H,6,11-15,19-22H2,1-2H3/t23-,32?/m1/s1. The molecule has 0 radical (unpaired) electrons. The van der Waals surface area contributed by atoms with Crippen molar-refractivity contribution in [2.24, 2.45) is 5.41 Å². The summed E-state index contributed by atoms with van der Waals surface area (Å²) in [5, 5.41) is 3.43. The van der Waals surface area contributed by atoms with Gasteiger partial charge in [-0.05, 0) is 86.7 Å². The lowest BCUT2D eigenvalue weighted by molar-refractivity contribution is -0.0371. The van der Waals surface area contributed by atoms with Crippen molar-refractivity contribution in [3.63, 3.8) is 0 Å². The number of nitrogens with one attached hydrogen (secondary N) is 1. The van der Waals surface area contributed by atoms with Gasteiger partial charge in [-0.25, -0.2) is 17.6 Å². The lowest BCUT2D eigenvalue weighted by Crippen LogP contribution is -2.56. The van der Waals surface area contributed by atoms with Crippen LogP contribution in [-0.4, -0.2) is 49.6 Å². The van der Waals surface area contributed by atoms with E-state index in [0.29, 0.717) is 30.0 Å². The van der Waals surface area contributed by atoms with Crippen molar-refractivity contribution in [1.82, 2.24) is 10.2 Å². The first kappa shape index (κ1) is 29.0. The fourth-order valence-electron chi connectivity index (χ4n) is 7.08. The summed E-state index contributed by atoms with van der Waals surface area (Å²) in [5.41, 5.74) is 3.02. The highest BCUT2D eigenvalue weighted by molar-refractivity contribution is 5.54. The Morgan fingerprint density at radius 2 is 1.71 bits per heavy atom. The van der Waals surface area contributed by atoms with Crippen LogP contribution in [0.4, 0.5) is 23.2 Å². The van der Waals surface area contributed by atoms with Crippen LogP contribution in [0.5, 0.6) is 5.75 Å². The van der Waals surface area contributed by atoms with Crippen LogP contribution in [0.2, 0.25) is 0 Å². The summed E-state index contributed by atoms with van der Waals surface area (Å²) in [7, 11) is 0. The van der Waals surface area contributed by atoms with Gasteiger partial charge in [-0.15, -0.1) is 0 Å². The van der Waals surface area contributed by atoms with E-state index in [1.165, 1.54) is 12.1 Å². The van der Waals surface area contributed by atoms with Gasteiger partial charge in [0.25, 0.3) is 5.92 Å². The van der Waals surface area contributed by atoms with E-state index in [9.17, 15) is 8.78 Å². The second-order valence-electron chi connectivity index (χ2n) is 12.6. The fraction of sp³-hybridized carbons (Fsp3) is 0.471. The lowest BCUT2D eigenvalue weighted by Gasteiger charge is -2.51. The molecule has 3 aromatic rings. The summed E-state index contributed by atoms with van der Waals surface area (Å²) >= 11 is 0. The Bertz CT molecular complexity index is 1370. The molecular formula is C34H39F4N3O. The first-order chi connectivity index (χ1) is 20.1. The molecule has 8 heteroatoms. The van der Waals surface area contributed by atoms with Crippen LogP contribution >= 0.6 is 0 Å². The maximum absolute atomic E-state index is 16.0. The van der Waals surface area contributed by atoms with E-state index in [0.717, 1.165) is 63.5 Å². The zero-order valence-electron chi connectivity index (χ0n) is 24.3. The Morgan fingerprint density at radius 3 is 2.43 bits per heavy atom. The molecular weight excluding hydrogens is 542 g/mol. The molecule has 2 atom stereocenters. The Balaban J connectivity index is 1.31. The Kier molecular flexibility index (Phi) is 7.96. The quantitative estimate of drug-likeness (QED) is 0.301. The predicted molar refractivity (Wildman–Crippen MR) is 157 cm³/mol. The summed E-state index contributed by atoms with van der Waals surface area (Å²) in [5.74, 6) is -3.80. The first-order valence-electron chi connectivity index (χ1n) is 15.0. The minimum absolute atomic E-state index is 0.178. The number of fused-ring (bicyclic) bond motifs is 1. The van der Waals surface area contributed by atoms with Crippen molar-refractivity contribution < 1.29 is 22.3 Å². The molecule has 3 aromatic carbocycles. The third-order valence-corrected chi connectivity index (χ3v) is 9.18. The molecule has 0 aliphatic carbocycles. The Morgan fingerprint density at radius 1 is 0.976 bits per heavy atom. The summed E-state index contributed by atoms with van der Waals surface area (Å²) < 4.78 is 66.9. The number of benzene rings is 3. The number of rotatable bonds is 7. The maximum atomic E-state index is 16.0. The molecule has 1 N–H and O–H groups in total. The summed E-state index contributed by atoms with van der Waals surface area (Å²) in [6.45, 7) is 5.99. The zero-order chi connectivity index (χ0) is 29.5. The SMILES string of the molecule is C[C@@H]1Cc2cc(OCc3ccccc3)ccc2C(c2c(F)cc(N3CC4(CCCNCC4)C3)cc2F)N1CC(C)(F)F. The highest BCUT2D eigenvalue weighted by Gasteiger charge is 2.44. The smallest absolute Gasteiger partial charge is 0.257 e. The van der Waals surface area contributed by atoms with Crippen molar-refractivity contribution in [2.45, 2.75) is 64.1 Å². The molecule has 3 aliphatic rings. The second-order valence-corrected chi connectivity index (χ2v) is 12.6. The van der Waals surface area contributed by atoms with Crippen molar-refractivity contribution >= 4 is 5.69 Å². The van der Waals surface area contributed by atoms with E-state index in [-0.39, 0.29) is 17.0 Å². The van der Waals surface area contributed by atoms with Gasteiger partial charge in [0.05, 0.1) is 12.6 Å². The summed E-state index contributed by atoms with van der Waals surface area (Å²) in [6, 6.07) is 16.6. The number of hydrogen-bond acceptors (Lipinski definition) is 4. The van der Waals surface area contributed by atoms with Gasteiger partial charge < -0.3 is 15.0 Å². The van der Waals surface area contributed by atoms with E-state index in [2.05, 4.69) is 5.32 Å². The average molecular weight is 582 g/mol. The number of hydrogen-bond donors (Lipinski definition) is 1. The van der Waals surface area contributed by atoms with Crippen molar-refractivity contribution in [3.8, 4) is 5.75 Å². The van der Waals surface area contributed by atoms with Gasteiger partial charge >= 0.3 is 0 Å². The van der Waals surface area contributed by atoms with Crippen molar-refractivity contribution in [2.75, 3.05) is 37.6 Å². The third kappa shape index (κ3) is 6.02. The number of alkyl halides is 2. The zero-order valence-corrected chi connectivity index (χ0v) is 24.3. The van der Waals surface area contributed by atoms with Crippen LogP contribution in [0.3, 0.4) is 0 Å². The molecule has 0 amide bonds. The van der Waals surface area contributed by atoms with Gasteiger partial charge in [-0.2, -0.15) is 0 Å². The first-order valence-corrected chi connectivity index (χ1v) is 15.0. The number of ether oxygens (including phenoxy) is 1. The van der Waals surface area contributed by atoms with Gasteiger partial charge in [0.2, 0.25) is 0 Å². The Labute approximate surface area is 245 Å². The van der Waals surface area contributed by atoms with E-state index < -0.39 is 30.1 Å². The third-order valence-electron chi connectivity index (χ3n) is 9.18. The van der Waals surface area contributed by atoms with Crippen LogP contribution < -0.4 is 15.0 Å².